The third kappa shape index (κ3) is 0.985. The number of aromatic amines is 1. The molecule has 2 heterocycles. The molecule has 1 amide bonds. The van der Waals surface area contributed by atoms with E-state index >= 15 is 0 Å². The van der Waals surface area contributed by atoms with E-state index in [1.807, 2.05) is 6.07 Å². The molecule has 4 heteroatoms. The second-order valence-corrected chi connectivity index (χ2v) is 3.43. The first-order valence-corrected chi connectivity index (χ1v) is 4.58. The zero-order valence-corrected chi connectivity index (χ0v) is 7.74. The van der Waals surface area contributed by atoms with E-state index in [1.54, 1.807) is 18.3 Å². The maximum atomic E-state index is 11.7. The number of carbonyl (C=O) groups excluding carboxylic acids is 1. The van der Waals surface area contributed by atoms with Crippen LogP contribution in [0.3, 0.4) is 0 Å². The summed E-state index contributed by atoms with van der Waals surface area (Å²) in [6.07, 6.45) is 3.01. The maximum Gasteiger partial charge on any atom is 0.256 e. The Labute approximate surface area is 85.2 Å². The van der Waals surface area contributed by atoms with Crippen LogP contribution in [0.1, 0.15) is 15.9 Å². The fraction of sp³-hybridized carbons (Fsp3) is 0. The largest absolute Gasteiger partial charge is 0.506 e. The van der Waals surface area contributed by atoms with Crippen LogP contribution in [-0.4, -0.2) is 16.0 Å². The van der Waals surface area contributed by atoms with Gasteiger partial charge < -0.3 is 15.4 Å². The van der Waals surface area contributed by atoms with Crippen molar-refractivity contribution in [3.63, 3.8) is 0 Å². The van der Waals surface area contributed by atoms with Crippen LogP contribution in [0.2, 0.25) is 0 Å². The van der Waals surface area contributed by atoms with E-state index in [1.165, 1.54) is 6.20 Å². The van der Waals surface area contributed by atoms with Crippen molar-refractivity contribution in [2.45, 2.75) is 0 Å². The van der Waals surface area contributed by atoms with Gasteiger partial charge in [0.1, 0.15) is 5.76 Å². The molecular weight excluding hydrogens is 192 g/mol. The van der Waals surface area contributed by atoms with Crippen LogP contribution in [0.4, 0.5) is 0 Å². The van der Waals surface area contributed by atoms with Gasteiger partial charge in [-0.25, -0.2) is 0 Å². The molecule has 3 N–H and O–H groups in total. The van der Waals surface area contributed by atoms with Crippen LogP contribution in [-0.2, 0) is 0 Å². The zero-order valence-electron chi connectivity index (χ0n) is 7.74. The van der Waals surface area contributed by atoms with E-state index in [2.05, 4.69) is 10.3 Å². The second-order valence-electron chi connectivity index (χ2n) is 3.43. The molecule has 3 rings (SSSR count). The summed E-state index contributed by atoms with van der Waals surface area (Å²) < 4.78 is 0. The molecule has 0 spiro atoms. The average molecular weight is 200 g/mol. The number of rotatable bonds is 0. The van der Waals surface area contributed by atoms with Crippen LogP contribution in [0.5, 0.6) is 0 Å². The van der Waals surface area contributed by atoms with Gasteiger partial charge in [-0.05, 0) is 12.1 Å². The molecular formula is C11H8N2O2. The summed E-state index contributed by atoms with van der Waals surface area (Å²) in [6.45, 7) is 0. The van der Waals surface area contributed by atoms with Gasteiger partial charge in [-0.15, -0.1) is 0 Å². The van der Waals surface area contributed by atoms with Crippen molar-refractivity contribution in [1.82, 2.24) is 10.3 Å². The number of H-pyrrole nitrogens is 1. The van der Waals surface area contributed by atoms with E-state index in [0.29, 0.717) is 11.1 Å². The molecule has 0 aliphatic carbocycles. The van der Waals surface area contributed by atoms with Crippen molar-refractivity contribution in [3.8, 4) is 0 Å². The number of amides is 1. The number of aliphatic hydroxyl groups excluding tert-OH is 1. The van der Waals surface area contributed by atoms with Gasteiger partial charge in [0.15, 0.2) is 0 Å². The van der Waals surface area contributed by atoms with E-state index < -0.39 is 0 Å². The van der Waals surface area contributed by atoms with Crippen LogP contribution in [0, 0.1) is 0 Å². The molecule has 15 heavy (non-hydrogen) atoms. The van der Waals surface area contributed by atoms with Gasteiger partial charge in [0.25, 0.3) is 5.91 Å². The molecule has 0 bridgehead atoms. The highest BCUT2D eigenvalue weighted by Crippen LogP contribution is 2.28. The van der Waals surface area contributed by atoms with Crippen molar-refractivity contribution in [3.05, 3.63) is 41.7 Å². The van der Waals surface area contributed by atoms with Gasteiger partial charge in [0.05, 0.1) is 0 Å². The fourth-order valence-corrected chi connectivity index (χ4v) is 1.87. The van der Waals surface area contributed by atoms with Crippen molar-refractivity contribution >= 4 is 22.6 Å². The molecule has 1 aromatic carbocycles. The predicted octanol–water partition coefficient (Wildman–Crippen LogP) is 1.77. The molecule has 0 saturated carbocycles. The quantitative estimate of drug-likeness (QED) is 0.606. The summed E-state index contributed by atoms with van der Waals surface area (Å²) in [7, 11) is 0. The van der Waals surface area contributed by atoms with Gasteiger partial charge >= 0.3 is 0 Å². The Kier molecular flexibility index (Phi) is 1.42. The lowest BCUT2D eigenvalue weighted by atomic mass is 10.1. The van der Waals surface area contributed by atoms with E-state index in [-0.39, 0.29) is 11.7 Å². The summed E-state index contributed by atoms with van der Waals surface area (Å²) in [6, 6.07) is 5.41. The molecule has 1 aromatic heterocycles. The lowest BCUT2D eigenvalue weighted by molar-refractivity contribution is 0.0971. The summed E-state index contributed by atoms with van der Waals surface area (Å²) in [5.74, 6) is -0.134. The van der Waals surface area contributed by atoms with Crippen LogP contribution in [0.15, 0.2) is 30.6 Å². The third-order valence-electron chi connectivity index (χ3n) is 2.57. The SMILES string of the molecule is O=C1NC=C(O)c2c[nH]c3cccc1c23. The Hall–Kier alpha value is -2.23. The Morgan fingerprint density at radius 1 is 1.20 bits per heavy atom. The molecule has 2 aromatic rings. The van der Waals surface area contributed by atoms with E-state index in [9.17, 15) is 9.90 Å². The van der Waals surface area contributed by atoms with E-state index in [4.69, 9.17) is 0 Å². The number of benzene rings is 1. The molecule has 0 unspecified atom stereocenters. The normalized spacial score (nSPS) is 14.7. The van der Waals surface area contributed by atoms with Crippen molar-refractivity contribution < 1.29 is 9.90 Å². The minimum absolute atomic E-state index is 0.0690. The second kappa shape index (κ2) is 2.63. The zero-order chi connectivity index (χ0) is 10.4. The summed E-state index contributed by atoms with van der Waals surface area (Å²) in [5, 5.41) is 13.0. The summed E-state index contributed by atoms with van der Waals surface area (Å²) in [4.78, 5) is 14.7. The summed E-state index contributed by atoms with van der Waals surface area (Å²) in [5.41, 5.74) is 2.07. The number of carbonyl (C=O) groups is 1. The molecule has 0 radical (unpaired) electrons. The Balaban J connectivity index is 2.51. The minimum Gasteiger partial charge on any atom is -0.506 e. The maximum absolute atomic E-state index is 11.7. The smallest absolute Gasteiger partial charge is 0.256 e. The van der Waals surface area contributed by atoms with Crippen molar-refractivity contribution in [2.24, 2.45) is 0 Å². The predicted molar refractivity (Wildman–Crippen MR) is 56.4 cm³/mol. The molecule has 0 fully saturated rings. The number of hydrogen-bond donors (Lipinski definition) is 3. The van der Waals surface area contributed by atoms with Gasteiger partial charge in [-0.2, -0.15) is 0 Å². The van der Waals surface area contributed by atoms with Gasteiger partial charge in [0, 0.05) is 34.4 Å². The number of aliphatic hydroxyl groups is 1. The fourth-order valence-electron chi connectivity index (χ4n) is 1.87. The van der Waals surface area contributed by atoms with Crippen LogP contribution in [0.25, 0.3) is 16.7 Å². The first-order valence-electron chi connectivity index (χ1n) is 4.58. The molecule has 4 nitrogen and oxygen atoms in total. The lowest BCUT2D eigenvalue weighted by Gasteiger charge is -1.99. The Morgan fingerprint density at radius 2 is 2.07 bits per heavy atom. The lowest BCUT2D eigenvalue weighted by Crippen LogP contribution is -2.16. The topological polar surface area (TPSA) is 65.1 Å². The van der Waals surface area contributed by atoms with Gasteiger partial charge in [-0.3, -0.25) is 4.79 Å². The number of aromatic nitrogens is 1. The molecule has 0 saturated heterocycles. The minimum atomic E-state index is -0.203. The van der Waals surface area contributed by atoms with Crippen molar-refractivity contribution in [1.29, 1.82) is 0 Å². The summed E-state index contributed by atoms with van der Waals surface area (Å²) >= 11 is 0. The number of hydrogen-bond acceptors (Lipinski definition) is 2. The van der Waals surface area contributed by atoms with Gasteiger partial charge in [-0.1, -0.05) is 6.07 Å². The standard InChI is InChI=1S/C11H8N2O2/c14-9-5-13-11(15)6-2-1-3-8-10(6)7(9)4-12-8/h1-5,12,14H,(H,13,15). The van der Waals surface area contributed by atoms with E-state index in [0.717, 1.165) is 10.9 Å². The number of nitrogens with one attached hydrogen (secondary N) is 2. The third-order valence-corrected chi connectivity index (χ3v) is 2.57. The molecule has 0 atom stereocenters. The van der Waals surface area contributed by atoms with Crippen LogP contribution >= 0.6 is 0 Å². The Morgan fingerprint density at radius 3 is 2.93 bits per heavy atom. The monoisotopic (exact) mass is 200 g/mol. The van der Waals surface area contributed by atoms with Gasteiger partial charge in [0.2, 0.25) is 0 Å². The molecule has 1 aliphatic heterocycles. The molecule has 74 valence electrons. The molecule has 1 aliphatic rings. The first kappa shape index (κ1) is 8.11. The Bertz CT molecular complexity index is 596. The average Bonchev–Trinajstić information content (AvgIpc) is 2.63. The van der Waals surface area contributed by atoms with Crippen molar-refractivity contribution in [2.75, 3.05) is 0 Å². The highest BCUT2D eigenvalue weighted by molar-refractivity contribution is 6.11. The highest BCUT2D eigenvalue weighted by atomic mass is 16.3. The first-order chi connectivity index (χ1) is 7.27. The highest BCUT2D eigenvalue weighted by Gasteiger charge is 2.18. The van der Waals surface area contributed by atoms with Crippen LogP contribution < -0.4 is 5.32 Å².